The molecule has 23 heavy (non-hydrogen) atoms. The van der Waals surface area contributed by atoms with Crippen LogP contribution in [0.2, 0.25) is 0 Å². The summed E-state index contributed by atoms with van der Waals surface area (Å²) in [5, 5.41) is 0. The molecule has 1 saturated carbocycles. The third-order valence-electron chi connectivity index (χ3n) is 3.57. The van der Waals surface area contributed by atoms with Crippen molar-refractivity contribution in [2.75, 3.05) is 13.2 Å². The molecule has 0 aliphatic heterocycles. The van der Waals surface area contributed by atoms with E-state index in [0.717, 1.165) is 32.1 Å². The van der Waals surface area contributed by atoms with Gasteiger partial charge in [-0.2, -0.15) is 22.0 Å². The molecule has 1 fully saturated rings. The number of carbonyl (C=O) groups is 2. The van der Waals surface area contributed by atoms with Crippen LogP contribution in [0.25, 0.3) is 0 Å². The van der Waals surface area contributed by atoms with Crippen molar-refractivity contribution in [3.8, 4) is 0 Å². The van der Waals surface area contributed by atoms with E-state index in [2.05, 4.69) is 4.74 Å². The van der Waals surface area contributed by atoms with Gasteiger partial charge in [-0.15, -0.1) is 0 Å². The summed E-state index contributed by atoms with van der Waals surface area (Å²) in [6.07, 6.45) is -1.58. The highest BCUT2D eigenvalue weighted by Crippen LogP contribution is 2.35. The van der Waals surface area contributed by atoms with E-state index in [-0.39, 0.29) is 12.5 Å². The van der Waals surface area contributed by atoms with Crippen LogP contribution >= 0.6 is 0 Å². The molecule has 0 radical (unpaired) electrons. The van der Waals surface area contributed by atoms with Crippen molar-refractivity contribution in [3.05, 3.63) is 0 Å². The molecule has 0 spiro atoms. The van der Waals surface area contributed by atoms with Gasteiger partial charge in [0.1, 0.15) is 0 Å². The minimum Gasteiger partial charge on any atom is -0.465 e. The lowest BCUT2D eigenvalue weighted by Gasteiger charge is -2.21. The Bertz CT molecular complexity index is 402. The van der Waals surface area contributed by atoms with Gasteiger partial charge in [-0.25, -0.2) is 0 Å². The lowest BCUT2D eigenvalue weighted by atomic mass is 9.90. The predicted octanol–water partition coefficient (Wildman–Crippen LogP) is 3.63. The molecule has 4 nitrogen and oxygen atoms in total. The zero-order chi connectivity index (χ0) is 17.5. The molecule has 0 N–H and O–H groups in total. The van der Waals surface area contributed by atoms with Crippen molar-refractivity contribution in [2.45, 2.75) is 57.0 Å². The number of esters is 2. The van der Waals surface area contributed by atoms with Crippen LogP contribution in [0.4, 0.5) is 22.0 Å². The molecule has 0 bridgehead atoms. The van der Waals surface area contributed by atoms with Crippen molar-refractivity contribution in [1.29, 1.82) is 0 Å². The Hall–Kier alpha value is -1.41. The molecule has 0 aromatic carbocycles. The Kier molecular flexibility index (Phi) is 7.21. The maximum atomic E-state index is 12.5. The molecule has 0 atom stereocenters. The highest BCUT2D eigenvalue weighted by atomic mass is 19.4. The fourth-order valence-corrected chi connectivity index (χ4v) is 2.17. The second-order valence-corrected chi connectivity index (χ2v) is 5.55. The van der Waals surface area contributed by atoms with Gasteiger partial charge in [0.25, 0.3) is 0 Å². The second kappa shape index (κ2) is 8.44. The quantitative estimate of drug-likeness (QED) is 0.522. The van der Waals surface area contributed by atoms with Gasteiger partial charge < -0.3 is 9.47 Å². The molecule has 1 aliphatic rings. The average molecular weight is 346 g/mol. The fourth-order valence-electron chi connectivity index (χ4n) is 2.17. The van der Waals surface area contributed by atoms with E-state index in [4.69, 9.17) is 4.74 Å². The minimum absolute atomic E-state index is 0.236. The number of alkyl halides is 5. The monoisotopic (exact) mass is 346 g/mol. The molecule has 0 heterocycles. The number of rotatable bonds is 7. The lowest BCUT2D eigenvalue weighted by molar-refractivity contribution is -0.294. The summed E-state index contributed by atoms with van der Waals surface area (Å²) < 4.78 is 69.4. The summed E-state index contributed by atoms with van der Waals surface area (Å²) >= 11 is 0. The third kappa shape index (κ3) is 7.13. The zero-order valence-corrected chi connectivity index (χ0v) is 12.5. The average Bonchev–Trinajstić information content (AvgIpc) is 2.49. The highest BCUT2D eigenvalue weighted by molar-refractivity contribution is 5.77. The Morgan fingerprint density at radius 3 is 1.91 bits per heavy atom. The summed E-state index contributed by atoms with van der Waals surface area (Å²) in [5.41, 5.74) is 0. The number of hydrogen-bond acceptors (Lipinski definition) is 4. The van der Waals surface area contributed by atoms with Crippen molar-refractivity contribution in [3.63, 3.8) is 0 Å². The molecule has 0 aromatic rings. The van der Waals surface area contributed by atoms with Gasteiger partial charge in [0.05, 0.1) is 19.4 Å². The van der Waals surface area contributed by atoms with E-state index in [1.54, 1.807) is 0 Å². The number of hydrogen-bond donors (Lipinski definition) is 0. The standard InChI is InChI=1S/C14H19F5O4/c15-13(16,14(17,18)19)9-23-12(21)7-6-11(20)22-8-10-4-2-1-3-5-10/h10H,1-9H2. The van der Waals surface area contributed by atoms with Crippen LogP contribution in [0.15, 0.2) is 0 Å². The molecule has 0 amide bonds. The SMILES string of the molecule is O=C(CCC(=O)OCC(F)(F)C(F)(F)F)OCC1CCCCC1. The van der Waals surface area contributed by atoms with Crippen LogP contribution in [0.1, 0.15) is 44.9 Å². The van der Waals surface area contributed by atoms with Crippen LogP contribution < -0.4 is 0 Å². The first-order valence-electron chi connectivity index (χ1n) is 7.37. The summed E-state index contributed by atoms with van der Waals surface area (Å²) in [4.78, 5) is 22.5. The van der Waals surface area contributed by atoms with Crippen molar-refractivity contribution in [1.82, 2.24) is 0 Å². The van der Waals surface area contributed by atoms with Gasteiger partial charge in [0.15, 0.2) is 6.61 Å². The van der Waals surface area contributed by atoms with E-state index >= 15 is 0 Å². The van der Waals surface area contributed by atoms with Crippen LogP contribution in [0, 0.1) is 5.92 Å². The summed E-state index contributed by atoms with van der Waals surface area (Å²) in [6.45, 7) is -1.85. The maximum absolute atomic E-state index is 12.5. The Balaban J connectivity index is 2.18. The van der Waals surface area contributed by atoms with Gasteiger partial charge in [-0.1, -0.05) is 19.3 Å². The number of halogens is 5. The van der Waals surface area contributed by atoms with E-state index in [1.807, 2.05) is 0 Å². The van der Waals surface area contributed by atoms with Gasteiger partial charge >= 0.3 is 24.0 Å². The van der Waals surface area contributed by atoms with E-state index < -0.39 is 43.5 Å². The zero-order valence-electron chi connectivity index (χ0n) is 12.5. The third-order valence-corrected chi connectivity index (χ3v) is 3.57. The van der Waals surface area contributed by atoms with Gasteiger partial charge in [0.2, 0.25) is 0 Å². The first kappa shape index (κ1) is 19.6. The van der Waals surface area contributed by atoms with E-state index in [0.29, 0.717) is 0 Å². The van der Waals surface area contributed by atoms with Crippen LogP contribution in [-0.2, 0) is 19.1 Å². The van der Waals surface area contributed by atoms with Gasteiger partial charge in [-0.3, -0.25) is 9.59 Å². The van der Waals surface area contributed by atoms with Crippen molar-refractivity contribution >= 4 is 11.9 Å². The second-order valence-electron chi connectivity index (χ2n) is 5.55. The molecular formula is C14H19F5O4. The summed E-state index contributed by atoms with van der Waals surface area (Å²) in [7, 11) is 0. The predicted molar refractivity (Wildman–Crippen MR) is 68.7 cm³/mol. The molecule has 1 rings (SSSR count). The van der Waals surface area contributed by atoms with Crippen molar-refractivity contribution in [2.24, 2.45) is 5.92 Å². The fraction of sp³-hybridized carbons (Fsp3) is 0.857. The molecule has 0 unspecified atom stereocenters. The smallest absolute Gasteiger partial charge is 0.456 e. The molecule has 134 valence electrons. The molecule has 9 heteroatoms. The van der Waals surface area contributed by atoms with E-state index in [1.165, 1.54) is 0 Å². The molecular weight excluding hydrogens is 327 g/mol. The van der Waals surface area contributed by atoms with Crippen LogP contribution in [0.5, 0.6) is 0 Å². The Morgan fingerprint density at radius 1 is 0.870 bits per heavy atom. The van der Waals surface area contributed by atoms with Crippen LogP contribution in [-0.4, -0.2) is 37.3 Å². The minimum atomic E-state index is -5.79. The largest absolute Gasteiger partial charge is 0.465 e. The Morgan fingerprint density at radius 2 is 1.39 bits per heavy atom. The van der Waals surface area contributed by atoms with Gasteiger partial charge in [0, 0.05) is 0 Å². The number of carbonyl (C=O) groups excluding carboxylic acids is 2. The molecule has 0 saturated heterocycles. The molecule has 0 aromatic heterocycles. The van der Waals surface area contributed by atoms with Crippen molar-refractivity contribution < 1.29 is 41.0 Å². The van der Waals surface area contributed by atoms with E-state index in [9.17, 15) is 31.5 Å². The summed E-state index contributed by atoms with van der Waals surface area (Å²) in [6, 6.07) is 0. The normalized spacial score (nSPS) is 16.9. The number of ether oxygens (including phenoxy) is 2. The topological polar surface area (TPSA) is 52.6 Å². The lowest BCUT2D eigenvalue weighted by Crippen LogP contribution is -2.41. The summed E-state index contributed by atoms with van der Waals surface area (Å²) in [5.74, 6) is -6.83. The Labute approximate surface area is 130 Å². The first-order chi connectivity index (χ1) is 10.6. The first-order valence-corrected chi connectivity index (χ1v) is 7.37. The highest BCUT2D eigenvalue weighted by Gasteiger charge is 2.58. The van der Waals surface area contributed by atoms with Gasteiger partial charge in [-0.05, 0) is 18.8 Å². The molecule has 1 aliphatic carbocycles. The maximum Gasteiger partial charge on any atom is 0.456 e. The van der Waals surface area contributed by atoms with Crippen LogP contribution in [0.3, 0.4) is 0 Å².